The van der Waals surface area contributed by atoms with Crippen molar-refractivity contribution in [3.63, 3.8) is 0 Å². The number of aliphatic hydroxyl groups excluding tert-OH is 2. The minimum atomic E-state index is -0.474. The summed E-state index contributed by atoms with van der Waals surface area (Å²) in [5.74, 6) is 0.538. The lowest BCUT2D eigenvalue weighted by atomic mass is 10.3. The fraction of sp³-hybridized carbons (Fsp3) is 0.545. The molecule has 0 aliphatic heterocycles. The lowest BCUT2D eigenvalue weighted by molar-refractivity contribution is 0.102. The number of nitrogens with zero attached hydrogens (tertiary/aromatic N) is 1. The summed E-state index contributed by atoms with van der Waals surface area (Å²) in [7, 11) is 0. The highest BCUT2D eigenvalue weighted by Gasteiger charge is 2.07. The standard InChI is InChI=1S/C11H17NO3/c1-3-9(14)7-15-11-5-4-8(2)12-10(11)6-13/h4-5,9,13-14H,3,6-7H2,1-2H3. The maximum atomic E-state index is 9.33. The van der Waals surface area contributed by atoms with E-state index in [4.69, 9.17) is 9.84 Å². The fourth-order valence-electron chi connectivity index (χ4n) is 1.15. The van der Waals surface area contributed by atoms with Crippen LogP contribution in [0.15, 0.2) is 12.1 Å². The normalized spacial score (nSPS) is 12.5. The molecule has 1 atom stereocenters. The highest BCUT2D eigenvalue weighted by molar-refractivity contribution is 5.28. The lowest BCUT2D eigenvalue weighted by Gasteiger charge is -2.12. The molecule has 1 aromatic heterocycles. The first-order chi connectivity index (χ1) is 7.17. The average Bonchev–Trinajstić information content (AvgIpc) is 2.26. The molecule has 2 N–H and O–H groups in total. The molecule has 1 unspecified atom stereocenters. The van der Waals surface area contributed by atoms with Crippen molar-refractivity contribution in [2.24, 2.45) is 0 Å². The van der Waals surface area contributed by atoms with Crippen molar-refractivity contribution in [1.82, 2.24) is 4.98 Å². The molecule has 0 aromatic carbocycles. The number of aliphatic hydroxyl groups is 2. The second kappa shape index (κ2) is 5.68. The SMILES string of the molecule is CCC(O)COc1ccc(C)nc1CO. The van der Waals surface area contributed by atoms with E-state index in [-0.39, 0.29) is 13.2 Å². The van der Waals surface area contributed by atoms with Crippen LogP contribution < -0.4 is 4.74 Å². The third-order valence-corrected chi connectivity index (χ3v) is 2.12. The van der Waals surface area contributed by atoms with E-state index in [2.05, 4.69) is 4.98 Å². The van der Waals surface area contributed by atoms with Crippen molar-refractivity contribution in [3.05, 3.63) is 23.5 Å². The van der Waals surface area contributed by atoms with Crippen LogP contribution >= 0.6 is 0 Å². The summed E-state index contributed by atoms with van der Waals surface area (Å²) in [5.41, 5.74) is 1.35. The predicted octanol–water partition coefficient (Wildman–Crippen LogP) is 1.03. The summed E-state index contributed by atoms with van der Waals surface area (Å²) >= 11 is 0. The number of ether oxygens (including phenoxy) is 1. The third kappa shape index (κ3) is 3.49. The van der Waals surface area contributed by atoms with Gasteiger partial charge in [-0.15, -0.1) is 0 Å². The molecule has 0 bridgehead atoms. The Hall–Kier alpha value is -1.13. The van der Waals surface area contributed by atoms with Crippen molar-refractivity contribution in [2.45, 2.75) is 33.0 Å². The fourth-order valence-corrected chi connectivity index (χ4v) is 1.15. The lowest BCUT2D eigenvalue weighted by Crippen LogP contribution is -2.17. The van der Waals surface area contributed by atoms with Gasteiger partial charge in [-0.2, -0.15) is 0 Å². The first-order valence-corrected chi connectivity index (χ1v) is 5.05. The minimum absolute atomic E-state index is 0.154. The van der Waals surface area contributed by atoms with Crippen LogP contribution in [0.3, 0.4) is 0 Å². The minimum Gasteiger partial charge on any atom is -0.489 e. The largest absolute Gasteiger partial charge is 0.489 e. The summed E-state index contributed by atoms with van der Waals surface area (Å²) < 4.78 is 5.36. The van der Waals surface area contributed by atoms with Gasteiger partial charge < -0.3 is 14.9 Å². The summed E-state index contributed by atoms with van der Waals surface area (Å²) in [5, 5.41) is 18.4. The van der Waals surface area contributed by atoms with Gasteiger partial charge in [0.1, 0.15) is 18.1 Å². The van der Waals surface area contributed by atoms with Gasteiger partial charge in [-0.25, -0.2) is 0 Å². The van der Waals surface area contributed by atoms with E-state index in [1.807, 2.05) is 19.9 Å². The van der Waals surface area contributed by atoms with Crippen molar-refractivity contribution in [1.29, 1.82) is 0 Å². The van der Waals surface area contributed by atoms with Gasteiger partial charge in [0.2, 0.25) is 0 Å². The maximum Gasteiger partial charge on any atom is 0.143 e. The number of rotatable bonds is 5. The monoisotopic (exact) mass is 211 g/mol. The molecule has 4 nitrogen and oxygen atoms in total. The Morgan fingerprint density at radius 3 is 2.80 bits per heavy atom. The second-order valence-corrected chi connectivity index (χ2v) is 3.43. The summed E-state index contributed by atoms with van der Waals surface area (Å²) in [6.45, 7) is 3.81. The molecule has 84 valence electrons. The van der Waals surface area contributed by atoms with Gasteiger partial charge in [0.25, 0.3) is 0 Å². The first kappa shape index (κ1) is 11.9. The molecule has 0 aliphatic rings. The second-order valence-electron chi connectivity index (χ2n) is 3.43. The van der Waals surface area contributed by atoms with Gasteiger partial charge in [-0.05, 0) is 25.5 Å². The van der Waals surface area contributed by atoms with E-state index >= 15 is 0 Å². The Morgan fingerprint density at radius 1 is 1.47 bits per heavy atom. The molecule has 0 aliphatic carbocycles. The molecular weight excluding hydrogens is 194 g/mol. The molecule has 0 fully saturated rings. The van der Waals surface area contributed by atoms with E-state index in [0.29, 0.717) is 17.9 Å². The van der Waals surface area contributed by atoms with Crippen molar-refractivity contribution in [3.8, 4) is 5.75 Å². The van der Waals surface area contributed by atoms with E-state index in [1.165, 1.54) is 0 Å². The van der Waals surface area contributed by atoms with E-state index in [9.17, 15) is 5.11 Å². The zero-order valence-corrected chi connectivity index (χ0v) is 9.10. The summed E-state index contributed by atoms with van der Waals surface area (Å²) in [6, 6.07) is 3.57. The smallest absolute Gasteiger partial charge is 0.143 e. The topological polar surface area (TPSA) is 62.6 Å². The van der Waals surface area contributed by atoms with Crippen LogP contribution in [0.4, 0.5) is 0 Å². The molecule has 0 saturated heterocycles. The van der Waals surface area contributed by atoms with Gasteiger partial charge in [0.05, 0.1) is 12.7 Å². The number of hydrogen-bond acceptors (Lipinski definition) is 4. The molecule has 0 saturated carbocycles. The summed E-state index contributed by atoms with van der Waals surface area (Å²) in [4.78, 5) is 4.14. The Bertz CT molecular complexity index is 315. The Morgan fingerprint density at radius 2 is 2.20 bits per heavy atom. The molecule has 1 aromatic rings. The number of pyridine rings is 1. The van der Waals surface area contributed by atoms with E-state index in [1.54, 1.807) is 6.07 Å². The zero-order valence-electron chi connectivity index (χ0n) is 9.10. The molecule has 4 heteroatoms. The van der Waals surface area contributed by atoms with Crippen molar-refractivity contribution < 1.29 is 14.9 Å². The highest BCUT2D eigenvalue weighted by Crippen LogP contribution is 2.17. The van der Waals surface area contributed by atoms with Gasteiger partial charge in [0.15, 0.2) is 0 Å². The Kier molecular flexibility index (Phi) is 4.52. The molecular formula is C11H17NO3. The third-order valence-electron chi connectivity index (χ3n) is 2.12. The van der Waals surface area contributed by atoms with Crippen molar-refractivity contribution >= 4 is 0 Å². The van der Waals surface area contributed by atoms with Gasteiger partial charge >= 0.3 is 0 Å². The molecule has 0 amide bonds. The van der Waals surface area contributed by atoms with Gasteiger partial charge in [-0.3, -0.25) is 4.98 Å². The number of hydrogen-bond donors (Lipinski definition) is 2. The number of aromatic nitrogens is 1. The van der Waals surface area contributed by atoms with Crippen LogP contribution in [0, 0.1) is 6.92 Å². The van der Waals surface area contributed by atoms with Crippen LogP contribution in [0.1, 0.15) is 24.7 Å². The molecule has 0 spiro atoms. The van der Waals surface area contributed by atoms with Crippen LogP contribution in [0.25, 0.3) is 0 Å². The van der Waals surface area contributed by atoms with Crippen LogP contribution in [-0.4, -0.2) is 27.9 Å². The zero-order chi connectivity index (χ0) is 11.3. The van der Waals surface area contributed by atoms with Crippen LogP contribution in [0.5, 0.6) is 5.75 Å². The molecule has 0 radical (unpaired) electrons. The maximum absolute atomic E-state index is 9.33. The highest BCUT2D eigenvalue weighted by atomic mass is 16.5. The van der Waals surface area contributed by atoms with Crippen LogP contribution in [0.2, 0.25) is 0 Å². The predicted molar refractivity (Wildman–Crippen MR) is 56.7 cm³/mol. The Labute approximate surface area is 89.5 Å². The van der Waals surface area contributed by atoms with Gasteiger partial charge in [-0.1, -0.05) is 6.92 Å². The van der Waals surface area contributed by atoms with E-state index < -0.39 is 6.10 Å². The summed E-state index contributed by atoms with van der Waals surface area (Å²) in [6.07, 6.45) is 0.172. The first-order valence-electron chi connectivity index (χ1n) is 5.05. The average molecular weight is 211 g/mol. The van der Waals surface area contributed by atoms with Crippen LogP contribution in [-0.2, 0) is 6.61 Å². The van der Waals surface area contributed by atoms with E-state index in [0.717, 1.165) is 5.69 Å². The molecule has 15 heavy (non-hydrogen) atoms. The quantitative estimate of drug-likeness (QED) is 0.763. The molecule has 1 rings (SSSR count). The van der Waals surface area contributed by atoms with Crippen molar-refractivity contribution in [2.75, 3.05) is 6.61 Å². The molecule has 1 heterocycles. The van der Waals surface area contributed by atoms with Gasteiger partial charge in [0, 0.05) is 5.69 Å². The Balaban J connectivity index is 2.67. The number of aryl methyl sites for hydroxylation is 1.